The molecule has 0 saturated carbocycles. The number of halogens is 2. The van der Waals surface area contributed by atoms with Crippen LogP contribution in [0, 0.1) is 5.82 Å². The molecule has 3 N–H and O–H groups in total. The summed E-state index contributed by atoms with van der Waals surface area (Å²) in [4.78, 5) is 26.8. The number of hydrogen-bond acceptors (Lipinski definition) is 5. The van der Waals surface area contributed by atoms with Gasteiger partial charge >= 0.3 is 0 Å². The van der Waals surface area contributed by atoms with Crippen LogP contribution >= 0.6 is 11.6 Å². The van der Waals surface area contributed by atoms with Gasteiger partial charge in [0.25, 0.3) is 11.8 Å². The highest BCUT2D eigenvalue weighted by Gasteiger charge is 2.36. The molecule has 0 bridgehead atoms. The van der Waals surface area contributed by atoms with Crippen LogP contribution in [-0.2, 0) is 4.79 Å². The first-order valence-corrected chi connectivity index (χ1v) is 12.1. The number of hydrogen-bond donors (Lipinski definition) is 3. The number of nitrogens with one attached hydrogen (secondary N) is 3. The molecule has 8 nitrogen and oxygen atoms in total. The third-order valence-electron chi connectivity index (χ3n) is 6.17. The molecule has 4 aromatic rings. The van der Waals surface area contributed by atoms with Crippen molar-refractivity contribution in [1.82, 2.24) is 9.78 Å². The lowest BCUT2D eigenvalue weighted by Gasteiger charge is -2.30. The molecule has 1 aliphatic rings. The number of ether oxygens (including phenoxy) is 1. The predicted molar refractivity (Wildman–Crippen MR) is 144 cm³/mol. The van der Waals surface area contributed by atoms with E-state index in [-0.39, 0.29) is 11.5 Å². The number of carbonyl (C=O) groups excluding carboxylic acids is 2. The van der Waals surface area contributed by atoms with Crippen LogP contribution in [0.25, 0.3) is 0 Å². The molecule has 2 heterocycles. The van der Waals surface area contributed by atoms with Gasteiger partial charge in [0.05, 0.1) is 24.6 Å². The summed E-state index contributed by atoms with van der Waals surface area (Å²) in [6, 6.07) is 19.0. The van der Waals surface area contributed by atoms with Gasteiger partial charge in [-0.05, 0) is 49.4 Å². The number of fused-ring (bicyclic) bond motifs is 1. The zero-order valence-corrected chi connectivity index (χ0v) is 21.2. The second-order valence-electron chi connectivity index (χ2n) is 8.55. The summed E-state index contributed by atoms with van der Waals surface area (Å²) in [5, 5.41) is 13.8. The van der Waals surface area contributed by atoms with E-state index in [1.807, 2.05) is 18.2 Å². The summed E-state index contributed by atoms with van der Waals surface area (Å²) in [6.07, 6.45) is 1.42. The standard InChI is InChI=1S/C28H23ClFN5O3/c1-16-24(28(37)34-22-9-5-6-10-23(22)38-2)25(19-7-3-4-8-21(19)29)35-26(32-16)20(15-31-35)27(36)33-18-13-11-17(30)12-14-18/h3-15,25,32H,1-2H3,(H,33,36)(H,34,37)/t25-/m0/s1. The second-order valence-corrected chi connectivity index (χ2v) is 8.96. The maximum Gasteiger partial charge on any atom is 0.261 e. The lowest BCUT2D eigenvalue weighted by Crippen LogP contribution is -2.32. The quantitative estimate of drug-likeness (QED) is 0.289. The number of aromatic nitrogens is 2. The van der Waals surface area contributed by atoms with Gasteiger partial charge < -0.3 is 20.7 Å². The number of anilines is 3. The molecule has 0 fully saturated rings. The number of rotatable bonds is 6. The van der Waals surface area contributed by atoms with Crippen molar-refractivity contribution < 1.29 is 18.7 Å². The number of benzene rings is 3. The lowest BCUT2D eigenvalue weighted by molar-refractivity contribution is -0.113. The lowest BCUT2D eigenvalue weighted by atomic mass is 9.94. The summed E-state index contributed by atoms with van der Waals surface area (Å²) >= 11 is 6.59. The minimum absolute atomic E-state index is 0.245. The Labute approximate surface area is 223 Å². The van der Waals surface area contributed by atoms with Gasteiger partial charge in [0.2, 0.25) is 0 Å². The van der Waals surface area contributed by atoms with Crippen LogP contribution in [-0.4, -0.2) is 28.7 Å². The first kappa shape index (κ1) is 25.0. The highest BCUT2D eigenvalue weighted by Crippen LogP contribution is 2.40. The van der Waals surface area contributed by atoms with Crippen LogP contribution in [0.5, 0.6) is 5.75 Å². The van der Waals surface area contributed by atoms with Crippen molar-refractivity contribution in [2.75, 3.05) is 23.1 Å². The molecule has 38 heavy (non-hydrogen) atoms. The van der Waals surface area contributed by atoms with Crippen LogP contribution in [0.1, 0.15) is 28.9 Å². The van der Waals surface area contributed by atoms with E-state index in [1.54, 1.807) is 41.9 Å². The molecule has 0 spiro atoms. The summed E-state index contributed by atoms with van der Waals surface area (Å²) in [7, 11) is 1.53. The van der Waals surface area contributed by atoms with Gasteiger partial charge in [-0.15, -0.1) is 0 Å². The van der Waals surface area contributed by atoms with Crippen LogP contribution in [0.15, 0.2) is 90.3 Å². The van der Waals surface area contributed by atoms with E-state index in [1.165, 1.54) is 37.6 Å². The van der Waals surface area contributed by atoms with Gasteiger partial charge in [0, 0.05) is 22.0 Å². The molecule has 2 amide bonds. The highest BCUT2D eigenvalue weighted by atomic mass is 35.5. The fraction of sp³-hybridized carbons (Fsp3) is 0.107. The average Bonchev–Trinajstić information content (AvgIpc) is 3.33. The van der Waals surface area contributed by atoms with Crippen LogP contribution < -0.4 is 20.7 Å². The zero-order valence-electron chi connectivity index (χ0n) is 20.5. The smallest absolute Gasteiger partial charge is 0.261 e. The molecule has 10 heteroatoms. The first-order valence-electron chi connectivity index (χ1n) is 11.7. The molecule has 0 unspecified atom stereocenters. The van der Waals surface area contributed by atoms with Crippen molar-refractivity contribution in [1.29, 1.82) is 0 Å². The Kier molecular flexibility index (Phi) is 6.85. The minimum atomic E-state index is -0.734. The molecular formula is C28H23ClFN5O3. The van der Waals surface area contributed by atoms with E-state index >= 15 is 0 Å². The van der Waals surface area contributed by atoms with E-state index in [9.17, 15) is 14.0 Å². The van der Waals surface area contributed by atoms with Crippen LogP contribution in [0.3, 0.4) is 0 Å². The third-order valence-corrected chi connectivity index (χ3v) is 6.51. The van der Waals surface area contributed by atoms with E-state index in [2.05, 4.69) is 21.0 Å². The maximum atomic E-state index is 13.7. The van der Waals surface area contributed by atoms with Gasteiger partial charge in [-0.25, -0.2) is 9.07 Å². The molecule has 1 aromatic heterocycles. The van der Waals surface area contributed by atoms with Gasteiger partial charge in [0.15, 0.2) is 0 Å². The molecule has 1 atom stereocenters. The Bertz CT molecular complexity index is 1560. The fourth-order valence-corrected chi connectivity index (χ4v) is 4.61. The Morgan fingerprint density at radius 1 is 1.00 bits per heavy atom. The molecule has 192 valence electrons. The number of methoxy groups -OCH3 is 1. The third kappa shape index (κ3) is 4.71. The monoisotopic (exact) mass is 531 g/mol. The Balaban J connectivity index is 1.55. The van der Waals surface area contributed by atoms with Crippen molar-refractivity contribution in [3.8, 4) is 5.75 Å². The fourth-order valence-electron chi connectivity index (χ4n) is 4.37. The highest BCUT2D eigenvalue weighted by molar-refractivity contribution is 6.31. The van der Waals surface area contributed by atoms with E-state index in [0.717, 1.165) is 0 Å². The molecular weight excluding hydrogens is 509 g/mol. The maximum absolute atomic E-state index is 13.7. The second kappa shape index (κ2) is 10.4. The number of carbonyl (C=O) groups is 2. The van der Waals surface area contributed by atoms with E-state index < -0.39 is 17.8 Å². The van der Waals surface area contributed by atoms with E-state index in [4.69, 9.17) is 16.3 Å². The average molecular weight is 532 g/mol. The summed E-state index contributed by atoms with van der Waals surface area (Å²) in [5.41, 5.74) is 2.70. The number of amides is 2. The number of allylic oxidation sites excluding steroid dienone is 1. The zero-order chi connectivity index (χ0) is 26.8. The topological polar surface area (TPSA) is 97.3 Å². The summed E-state index contributed by atoms with van der Waals surface area (Å²) in [6.45, 7) is 1.75. The normalized spacial score (nSPS) is 14.4. The molecule has 3 aromatic carbocycles. The summed E-state index contributed by atoms with van der Waals surface area (Å²) in [5.74, 6) is -0.340. The van der Waals surface area contributed by atoms with Crippen LogP contribution in [0.2, 0.25) is 5.02 Å². The number of nitrogens with zero attached hydrogens (tertiary/aromatic N) is 2. The van der Waals surface area contributed by atoms with Gasteiger partial charge in [-0.2, -0.15) is 5.10 Å². The molecule has 1 aliphatic heterocycles. The predicted octanol–water partition coefficient (Wildman–Crippen LogP) is 5.86. The molecule has 5 rings (SSSR count). The largest absolute Gasteiger partial charge is 0.495 e. The van der Waals surface area contributed by atoms with Crippen molar-refractivity contribution in [2.45, 2.75) is 13.0 Å². The Morgan fingerprint density at radius 2 is 1.71 bits per heavy atom. The van der Waals surface area contributed by atoms with E-state index in [0.29, 0.717) is 44.8 Å². The van der Waals surface area contributed by atoms with Gasteiger partial charge in [0.1, 0.15) is 29.0 Å². The minimum Gasteiger partial charge on any atom is -0.495 e. The van der Waals surface area contributed by atoms with Crippen molar-refractivity contribution in [3.05, 3.63) is 112 Å². The number of para-hydroxylation sites is 2. The summed E-state index contributed by atoms with van der Waals surface area (Å²) < 4.78 is 20.2. The first-order chi connectivity index (χ1) is 18.4. The van der Waals surface area contributed by atoms with Crippen LogP contribution in [0.4, 0.5) is 21.6 Å². The Morgan fingerprint density at radius 3 is 2.45 bits per heavy atom. The van der Waals surface area contributed by atoms with Gasteiger partial charge in [-0.1, -0.05) is 41.9 Å². The van der Waals surface area contributed by atoms with Crippen molar-refractivity contribution in [2.24, 2.45) is 0 Å². The SMILES string of the molecule is COc1ccccc1NC(=O)C1=C(C)Nc2c(C(=O)Nc3ccc(F)cc3)cnn2[C@H]1c1ccccc1Cl. The molecule has 0 aliphatic carbocycles. The van der Waals surface area contributed by atoms with Crippen molar-refractivity contribution in [3.63, 3.8) is 0 Å². The van der Waals surface area contributed by atoms with Gasteiger partial charge in [-0.3, -0.25) is 9.59 Å². The van der Waals surface area contributed by atoms with Crippen molar-refractivity contribution >= 4 is 40.6 Å². The Hall–Kier alpha value is -4.63. The molecule has 0 saturated heterocycles. The molecule has 0 radical (unpaired) electrons.